The summed E-state index contributed by atoms with van der Waals surface area (Å²) >= 11 is 0. The highest BCUT2D eigenvalue weighted by molar-refractivity contribution is 6.24. The molecule has 9 aromatic rings. The molecule has 6 aromatic carbocycles. The third-order valence-corrected chi connectivity index (χ3v) is 12.0. The van der Waals surface area contributed by atoms with E-state index >= 15 is 0 Å². The molecule has 0 saturated carbocycles. The molecule has 2 unspecified atom stereocenters. The van der Waals surface area contributed by atoms with E-state index in [-0.39, 0.29) is 0 Å². The van der Waals surface area contributed by atoms with Crippen LogP contribution in [0.15, 0.2) is 168 Å². The number of hydrogen-bond donors (Lipinski definition) is 0. The van der Waals surface area contributed by atoms with Crippen molar-refractivity contribution in [3.63, 3.8) is 0 Å². The maximum atomic E-state index is 6.72. The summed E-state index contributed by atoms with van der Waals surface area (Å²) in [5.41, 5.74) is 13.7. The lowest BCUT2D eigenvalue weighted by molar-refractivity contribution is 0.670. The zero-order valence-electron chi connectivity index (χ0n) is 31.3. The van der Waals surface area contributed by atoms with E-state index in [1.54, 1.807) is 0 Å². The number of rotatable bonds is 5. The van der Waals surface area contributed by atoms with Crippen molar-refractivity contribution in [3.05, 3.63) is 163 Å². The van der Waals surface area contributed by atoms with Crippen LogP contribution in [0.2, 0.25) is 0 Å². The monoisotopic (exact) mass is 711 g/mol. The van der Waals surface area contributed by atoms with Crippen LogP contribution in [0, 0.1) is 11.8 Å². The molecular weight excluding hydrogens is 671 g/mol. The zero-order valence-corrected chi connectivity index (χ0v) is 31.3. The van der Waals surface area contributed by atoms with E-state index in [1.807, 2.05) is 0 Å². The van der Waals surface area contributed by atoms with Gasteiger partial charge in [-0.15, -0.1) is 0 Å². The number of furan rings is 1. The summed E-state index contributed by atoms with van der Waals surface area (Å²) in [5.74, 6) is 1.00. The van der Waals surface area contributed by atoms with Gasteiger partial charge in [0, 0.05) is 73.3 Å². The molecule has 2 aliphatic rings. The first-order valence-corrected chi connectivity index (χ1v) is 19.5. The number of fused-ring (bicyclic) bond motifs is 10. The van der Waals surface area contributed by atoms with Gasteiger partial charge in [-0.05, 0) is 73.2 Å². The lowest BCUT2D eigenvalue weighted by Crippen LogP contribution is -2.18. The largest absolute Gasteiger partial charge is 0.455 e. The SMILES string of the molecule is CC1C=CC(N(C)c2ccc(-n3c4ccccc4c4ccc5c6ccccc6n(C6=CC=CC(C)C6)c5c43)cc2-c2cccc3c2oc2ccccc23)=CC1. The molecule has 11 rings (SSSR count). The minimum absolute atomic E-state index is 0.464. The molecule has 0 saturated heterocycles. The fourth-order valence-electron chi connectivity index (χ4n) is 9.29. The van der Waals surface area contributed by atoms with Gasteiger partial charge in [-0.2, -0.15) is 0 Å². The van der Waals surface area contributed by atoms with Gasteiger partial charge in [-0.3, -0.25) is 0 Å². The highest BCUT2D eigenvalue weighted by Crippen LogP contribution is 2.45. The van der Waals surface area contributed by atoms with Crippen molar-refractivity contribution in [1.82, 2.24) is 9.13 Å². The Bertz CT molecular complexity index is 3160. The van der Waals surface area contributed by atoms with Crippen LogP contribution in [0.5, 0.6) is 0 Å². The Morgan fingerprint density at radius 1 is 0.618 bits per heavy atom. The van der Waals surface area contributed by atoms with E-state index in [1.165, 1.54) is 55.0 Å². The van der Waals surface area contributed by atoms with E-state index in [9.17, 15) is 0 Å². The van der Waals surface area contributed by atoms with Crippen molar-refractivity contribution in [1.29, 1.82) is 0 Å². The second-order valence-electron chi connectivity index (χ2n) is 15.5. The molecule has 0 N–H and O–H groups in total. The zero-order chi connectivity index (χ0) is 36.8. The molecule has 2 aliphatic carbocycles. The first kappa shape index (κ1) is 32.0. The van der Waals surface area contributed by atoms with Crippen LogP contribution in [0.4, 0.5) is 5.69 Å². The molecule has 0 fully saturated rings. The van der Waals surface area contributed by atoms with Gasteiger partial charge in [0.2, 0.25) is 0 Å². The molecule has 3 aromatic heterocycles. The molecule has 0 aliphatic heterocycles. The molecule has 0 bridgehead atoms. The lowest BCUT2D eigenvalue weighted by atomic mass is 9.97. The number of allylic oxidation sites excluding steroid dienone is 7. The molecule has 4 nitrogen and oxygen atoms in total. The maximum absolute atomic E-state index is 6.72. The van der Waals surface area contributed by atoms with Gasteiger partial charge in [0.1, 0.15) is 11.2 Å². The van der Waals surface area contributed by atoms with Crippen LogP contribution < -0.4 is 4.90 Å². The summed E-state index contributed by atoms with van der Waals surface area (Å²) in [6.07, 6.45) is 15.8. The lowest BCUT2D eigenvalue weighted by Gasteiger charge is -2.27. The summed E-state index contributed by atoms with van der Waals surface area (Å²) in [4.78, 5) is 2.34. The Hall–Kier alpha value is -6.52. The van der Waals surface area contributed by atoms with Crippen LogP contribution in [-0.4, -0.2) is 16.2 Å². The molecular formula is C51H41N3O. The number of benzene rings is 6. The van der Waals surface area contributed by atoms with Crippen molar-refractivity contribution in [2.24, 2.45) is 11.8 Å². The van der Waals surface area contributed by atoms with Gasteiger partial charge < -0.3 is 18.5 Å². The van der Waals surface area contributed by atoms with Gasteiger partial charge in [-0.1, -0.05) is 123 Å². The Morgan fingerprint density at radius 3 is 2.05 bits per heavy atom. The first-order valence-electron chi connectivity index (χ1n) is 19.5. The number of anilines is 1. The topological polar surface area (TPSA) is 26.2 Å². The molecule has 4 heteroatoms. The Labute approximate surface area is 320 Å². The second kappa shape index (κ2) is 12.3. The summed E-state index contributed by atoms with van der Waals surface area (Å²) < 4.78 is 11.8. The van der Waals surface area contributed by atoms with E-state index in [0.717, 1.165) is 57.3 Å². The van der Waals surface area contributed by atoms with Crippen molar-refractivity contribution in [2.75, 3.05) is 11.9 Å². The van der Waals surface area contributed by atoms with Crippen molar-refractivity contribution in [2.45, 2.75) is 26.7 Å². The van der Waals surface area contributed by atoms with Crippen molar-refractivity contribution < 1.29 is 4.42 Å². The maximum Gasteiger partial charge on any atom is 0.143 e. The van der Waals surface area contributed by atoms with Crippen molar-refractivity contribution >= 4 is 76.9 Å². The number of hydrogen-bond acceptors (Lipinski definition) is 2. The molecule has 3 heterocycles. The van der Waals surface area contributed by atoms with E-state index in [2.05, 4.69) is 193 Å². The van der Waals surface area contributed by atoms with Crippen LogP contribution in [0.3, 0.4) is 0 Å². The number of para-hydroxylation sites is 4. The standard InChI is InChI=1S/C51H41N3O/c1-32-22-24-34(25-23-32)52(3)45-29-26-36(31-44(45)43-18-11-17-42-39-16-6-9-21-48(39)55-51(42)43)54-47-20-8-5-15-38(47)41-28-27-40-37-14-4-7-19-46(37)53(49(40)50(41)54)35-13-10-12-33(2)30-35/h4-22,24-29,31-33H,23,30H2,1-3H3. The highest BCUT2D eigenvalue weighted by atomic mass is 16.3. The van der Waals surface area contributed by atoms with Crippen LogP contribution in [0.25, 0.3) is 88.1 Å². The normalized spacial score (nSPS) is 17.3. The smallest absolute Gasteiger partial charge is 0.143 e. The summed E-state index contributed by atoms with van der Waals surface area (Å²) in [6.45, 7) is 4.59. The van der Waals surface area contributed by atoms with Gasteiger partial charge in [0.25, 0.3) is 0 Å². The van der Waals surface area contributed by atoms with Gasteiger partial charge in [0.05, 0.1) is 22.1 Å². The fraction of sp³-hybridized carbons (Fsp3) is 0.137. The Morgan fingerprint density at radius 2 is 1.31 bits per heavy atom. The molecule has 55 heavy (non-hydrogen) atoms. The summed E-state index contributed by atoms with van der Waals surface area (Å²) in [6, 6.07) is 44.4. The summed E-state index contributed by atoms with van der Waals surface area (Å²) in [7, 11) is 2.19. The Balaban J connectivity index is 1.25. The second-order valence-corrected chi connectivity index (χ2v) is 15.5. The molecule has 266 valence electrons. The quantitative estimate of drug-likeness (QED) is 0.178. The van der Waals surface area contributed by atoms with E-state index in [0.29, 0.717) is 11.8 Å². The minimum atomic E-state index is 0.464. The fourth-order valence-corrected chi connectivity index (χ4v) is 9.29. The average molecular weight is 712 g/mol. The third-order valence-electron chi connectivity index (χ3n) is 12.0. The van der Waals surface area contributed by atoms with Gasteiger partial charge >= 0.3 is 0 Å². The van der Waals surface area contributed by atoms with Gasteiger partial charge in [0.15, 0.2) is 0 Å². The predicted molar refractivity (Wildman–Crippen MR) is 233 cm³/mol. The van der Waals surface area contributed by atoms with Gasteiger partial charge in [-0.25, -0.2) is 0 Å². The van der Waals surface area contributed by atoms with Crippen molar-refractivity contribution in [3.8, 4) is 16.8 Å². The summed E-state index contributed by atoms with van der Waals surface area (Å²) in [5, 5.41) is 7.30. The average Bonchev–Trinajstić information content (AvgIpc) is 3.89. The van der Waals surface area contributed by atoms with E-state index < -0.39 is 0 Å². The van der Waals surface area contributed by atoms with E-state index in [4.69, 9.17) is 4.42 Å². The van der Waals surface area contributed by atoms with Crippen LogP contribution in [0.1, 0.15) is 26.7 Å². The highest BCUT2D eigenvalue weighted by Gasteiger charge is 2.25. The van der Waals surface area contributed by atoms with Crippen LogP contribution >= 0.6 is 0 Å². The Kier molecular flexibility index (Phi) is 7.12. The molecule has 0 amide bonds. The predicted octanol–water partition coefficient (Wildman–Crippen LogP) is 13.8. The molecule has 2 atom stereocenters. The first-order chi connectivity index (χ1) is 27.0. The van der Waals surface area contributed by atoms with Crippen LogP contribution in [-0.2, 0) is 0 Å². The minimum Gasteiger partial charge on any atom is -0.455 e. The third kappa shape index (κ3) is 4.84. The molecule has 0 spiro atoms. The molecule has 0 radical (unpaired) electrons. The number of aromatic nitrogens is 2. The number of nitrogens with zero attached hydrogens (tertiary/aromatic N) is 3. The number of likely N-dealkylation sites (N-methyl/N-ethyl adjacent to an activating group) is 1.